The van der Waals surface area contributed by atoms with Crippen molar-refractivity contribution in [3.05, 3.63) is 17.8 Å². The van der Waals surface area contributed by atoms with Crippen LogP contribution in [0.5, 0.6) is 0 Å². The van der Waals surface area contributed by atoms with Crippen LogP contribution in [0, 0.1) is 5.92 Å². The predicted octanol–water partition coefficient (Wildman–Crippen LogP) is 0.788. The molecule has 0 aromatic carbocycles. The molecule has 0 atom stereocenters. The van der Waals surface area contributed by atoms with Crippen LogP contribution >= 0.6 is 0 Å². The molecule has 0 fully saturated rings. The fourth-order valence-electron chi connectivity index (χ4n) is 1.94. The lowest BCUT2D eigenvalue weighted by Gasteiger charge is -2.25. The molecule has 1 amide bonds. The van der Waals surface area contributed by atoms with Crippen LogP contribution in [0.25, 0.3) is 0 Å². The molecule has 7 nitrogen and oxygen atoms in total. The number of hydrogen-bond acceptors (Lipinski definition) is 6. The molecular weight excluding hydrogens is 272 g/mol. The van der Waals surface area contributed by atoms with E-state index in [1.165, 1.54) is 12.3 Å². The van der Waals surface area contributed by atoms with Crippen LogP contribution in [0.1, 0.15) is 31.1 Å². The minimum absolute atomic E-state index is 0.0263. The third-order valence-electron chi connectivity index (χ3n) is 2.61. The number of rotatable bonds is 7. The number of nitrogens with two attached hydrogens (primary N) is 2. The number of primary amides is 1. The zero-order valence-electron chi connectivity index (χ0n) is 12.6. The SMILES string of the molecule is CCOC(=O)c1cc(N)cnc1N(CC(N)=O)CC(C)C. The lowest BCUT2D eigenvalue weighted by Crippen LogP contribution is -2.37. The second-order valence-electron chi connectivity index (χ2n) is 5.10. The maximum Gasteiger partial charge on any atom is 0.341 e. The first-order valence-corrected chi connectivity index (χ1v) is 6.81. The normalized spacial score (nSPS) is 10.5. The summed E-state index contributed by atoms with van der Waals surface area (Å²) in [5.74, 6) is -0.400. The summed E-state index contributed by atoms with van der Waals surface area (Å²) in [7, 11) is 0. The predicted molar refractivity (Wildman–Crippen MR) is 80.9 cm³/mol. The molecule has 0 radical (unpaired) electrons. The molecule has 0 aliphatic heterocycles. The van der Waals surface area contributed by atoms with Crippen LogP contribution in [0.15, 0.2) is 12.3 Å². The molecule has 0 saturated carbocycles. The summed E-state index contributed by atoms with van der Waals surface area (Å²) < 4.78 is 5.01. The van der Waals surface area contributed by atoms with Gasteiger partial charge in [0.1, 0.15) is 11.4 Å². The summed E-state index contributed by atoms with van der Waals surface area (Å²) in [5, 5.41) is 0. The minimum atomic E-state index is -0.523. The Morgan fingerprint density at radius 2 is 2.10 bits per heavy atom. The maximum absolute atomic E-state index is 12.0. The number of nitrogens with zero attached hydrogens (tertiary/aromatic N) is 2. The largest absolute Gasteiger partial charge is 0.462 e. The van der Waals surface area contributed by atoms with E-state index in [-0.39, 0.29) is 24.6 Å². The highest BCUT2D eigenvalue weighted by Crippen LogP contribution is 2.22. The summed E-state index contributed by atoms with van der Waals surface area (Å²) in [4.78, 5) is 29.1. The number of amides is 1. The summed E-state index contributed by atoms with van der Waals surface area (Å²) in [5.41, 5.74) is 11.5. The molecule has 1 aromatic rings. The quantitative estimate of drug-likeness (QED) is 0.719. The smallest absolute Gasteiger partial charge is 0.341 e. The van der Waals surface area contributed by atoms with Gasteiger partial charge in [0, 0.05) is 6.54 Å². The molecule has 0 unspecified atom stereocenters. The number of carbonyl (C=O) groups is 2. The highest BCUT2D eigenvalue weighted by molar-refractivity contribution is 5.96. The molecule has 116 valence electrons. The van der Waals surface area contributed by atoms with Crippen molar-refractivity contribution in [3.63, 3.8) is 0 Å². The number of nitrogen functional groups attached to an aromatic ring is 1. The van der Waals surface area contributed by atoms with Crippen molar-refractivity contribution >= 4 is 23.4 Å². The highest BCUT2D eigenvalue weighted by Gasteiger charge is 2.21. The molecule has 1 aromatic heterocycles. The molecule has 0 spiro atoms. The molecule has 1 rings (SSSR count). The number of hydrogen-bond donors (Lipinski definition) is 2. The van der Waals surface area contributed by atoms with Crippen molar-refractivity contribution in [2.24, 2.45) is 11.7 Å². The van der Waals surface area contributed by atoms with Crippen LogP contribution in [-0.4, -0.2) is 36.6 Å². The Kier molecular flexibility index (Phi) is 5.95. The van der Waals surface area contributed by atoms with Crippen molar-refractivity contribution in [2.45, 2.75) is 20.8 Å². The average Bonchev–Trinajstić information content (AvgIpc) is 2.37. The van der Waals surface area contributed by atoms with Gasteiger partial charge in [0.15, 0.2) is 0 Å². The molecule has 1 heterocycles. The standard InChI is InChI=1S/C14H22N4O3/c1-4-21-14(20)11-5-10(15)6-17-13(11)18(7-9(2)3)8-12(16)19/h5-6,9H,4,7-8,15H2,1-3H3,(H2,16,19). The van der Waals surface area contributed by atoms with Crippen LogP contribution in [0.4, 0.5) is 11.5 Å². The molecule has 0 aliphatic carbocycles. The van der Waals surface area contributed by atoms with Crippen molar-refractivity contribution in [2.75, 3.05) is 30.3 Å². The van der Waals surface area contributed by atoms with E-state index in [1.54, 1.807) is 11.8 Å². The molecule has 21 heavy (non-hydrogen) atoms. The minimum Gasteiger partial charge on any atom is -0.462 e. The second-order valence-corrected chi connectivity index (χ2v) is 5.10. The Hall–Kier alpha value is -2.31. The van der Waals surface area contributed by atoms with E-state index in [0.29, 0.717) is 18.1 Å². The number of aromatic nitrogens is 1. The summed E-state index contributed by atoms with van der Waals surface area (Å²) in [6.45, 7) is 6.46. The fourth-order valence-corrected chi connectivity index (χ4v) is 1.94. The van der Waals surface area contributed by atoms with Gasteiger partial charge >= 0.3 is 5.97 Å². The summed E-state index contributed by atoms with van der Waals surface area (Å²) >= 11 is 0. The fraction of sp³-hybridized carbons (Fsp3) is 0.500. The molecular formula is C14H22N4O3. The van der Waals surface area contributed by atoms with Gasteiger partial charge in [-0.05, 0) is 18.9 Å². The van der Waals surface area contributed by atoms with Gasteiger partial charge < -0.3 is 21.1 Å². The van der Waals surface area contributed by atoms with Gasteiger partial charge in [0.05, 0.1) is 25.0 Å². The van der Waals surface area contributed by atoms with E-state index in [0.717, 1.165) is 0 Å². The van der Waals surface area contributed by atoms with Gasteiger partial charge in [-0.1, -0.05) is 13.8 Å². The third kappa shape index (κ3) is 4.94. The number of carbonyl (C=O) groups excluding carboxylic acids is 2. The maximum atomic E-state index is 12.0. The molecule has 0 aliphatic rings. The van der Waals surface area contributed by atoms with Crippen molar-refractivity contribution in [1.82, 2.24) is 4.98 Å². The number of esters is 1. The Balaban J connectivity index is 3.22. The number of anilines is 2. The first-order valence-electron chi connectivity index (χ1n) is 6.81. The van der Waals surface area contributed by atoms with Gasteiger partial charge in [-0.15, -0.1) is 0 Å². The van der Waals surface area contributed by atoms with Gasteiger partial charge in [0.25, 0.3) is 0 Å². The van der Waals surface area contributed by atoms with Crippen molar-refractivity contribution in [3.8, 4) is 0 Å². The molecule has 0 bridgehead atoms. The summed E-state index contributed by atoms with van der Waals surface area (Å²) in [6.07, 6.45) is 1.44. The van der Waals surface area contributed by atoms with E-state index in [2.05, 4.69) is 4.98 Å². The van der Waals surface area contributed by atoms with E-state index < -0.39 is 11.9 Å². The topological polar surface area (TPSA) is 112 Å². The van der Waals surface area contributed by atoms with E-state index in [4.69, 9.17) is 16.2 Å². The Morgan fingerprint density at radius 1 is 1.43 bits per heavy atom. The van der Waals surface area contributed by atoms with E-state index in [1.807, 2.05) is 13.8 Å². The first-order chi connectivity index (χ1) is 9.85. The van der Waals surface area contributed by atoms with Gasteiger partial charge in [0.2, 0.25) is 5.91 Å². The average molecular weight is 294 g/mol. The highest BCUT2D eigenvalue weighted by atomic mass is 16.5. The van der Waals surface area contributed by atoms with E-state index in [9.17, 15) is 9.59 Å². The van der Waals surface area contributed by atoms with Crippen LogP contribution < -0.4 is 16.4 Å². The van der Waals surface area contributed by atoms with Crippen molar-refractivity contribution < 1.29 is 14.3 Å². The zero-order chi connectivity index (χ0) is 16.0. The second kappa shape index (κ2) is 7.47. The van der Waals surface area contributed by atoms with Crippen LogP contribution in [0.3, 0.4) is 0 Å². The number of ether oxygens (including phenoxy) is 1. The summed E-state index contributed by atoms with van der Waals surface area (Å²) in [6, 6.07) is 1.49. The third-order valence-corrected chi connectivity index (χ3v) is 2.61. The number of pyridine rings is 1. The van der Waals surface area contributed by atoms with E-state index >= 15 is 0 Å². The molecule has 4 N–H and O–H groups in total. The van der Waals surface area contributed by atoms with Crippen LogP contribution in [-0.2, 0) is 9.53 Å². The lowest BCUT2D eigenvalue weighted by atomic mass is 10.1. The molecule has 0 saturated heterocycles. The lowest BCUT2D eigenvalue weighted by molar-refractivity contribution is -0.116. The molecule has 7 heteroatoms. The van der Waals surface area contributed by atoms with Crippen molar-refractivity contribution in [1.29, 1.82) is 0 Å². The Labute approximate surface area is 124 Å². The van der Waals surface area contributed by atoms with Gasteiger partial charge in [-0.2, -0.15) is 0 Å². The van der Waals surface area contributed by atoms with Crippen LogP contribution in [0.2, 0.25) is 0 Å². The van der Waals surface area contributed by atoms with Gasteiger partial charge in [-0.3, -0.25) is 4.79 Å². The van der Waals surface area contributed by atoms with Gasteiger partial charge in [-0.25, -0.2) is 9.78 Å². The monoisotopic (exact) mass is 294 g/mol. The Morgan fingerprint density at radius 3 is 2.62 bits per heavy atom. The Bertz CT molecular complexity index is 517. The zero-order valence-corrected chi connectivity index (χ0v) is 12.6. The first kappa shape index (κ1) is 16.7.